The van der Waals surface area contributed by atoms with E-state index in [1.165, 1.54) is 0 Å². The Morgan fingerprint density at radius 3 is 2.68 bits per heavy atom. The van der Waals surface area contributed by atoms with Crippen molar-refractivity contribution in [3.05, 3.63) is 12.2 Å². The molecular weight excluding hydrogens is 242 g/mol. The lowest BCUT2D eigenvalue weighted by Gasteiger charge is -2.32. The highest BCUT2D eigenvalue weighted by atomic mass is 16.5. The van der Waals surface area contributed by atoms with Crippen LogP contribution in [0, 0.1) is 5.92 Å². The highest BCUT2D eigenvalue weighted by Gasteiger charge is 2.41. The van der Waals surface area contributed by atoms with Crippen LogP contribution in [0.3, 0.4) is 0 Å². The molecule has 1 atom stereocenters. The second-order valence-electron chi connectivity index (χ2n) is 5.95. The van der Waals surface area contributed by atoms with Gasteiger partial charge in [0.2, 0.25) is 0 Å². The second kappa shape index (κ2) is 6.01. The number of nitrogens with zero attached hydrogens (tertiary/aromatic N) is 3. The number of hydrogen-bond donors (Lipinski definition) is 1. The molecule has 1 fully saturated rings. The fraction of sp³-hybridized carbons (Fsp3) is 0.857. The lowest BCUT2D eigenvalue weighted by Crippen LogP contribution is -2.43. The quantitative estimate of drug-likeness (QED) is 0.853. The molecule has 0 bridgehead atoms. The van der Waals surface area contributed by atoms with Gasteiger partial charge < -0.3 is 9.84 Å². The van der Waals surface area contributed by atoms with Crippen molar-refractivity contribution in [1.82, 2.24) is 14.8 Å². The lowest BCUT2D eigenvalue weighted by atomic mass is 9.92. The first-order valence-corrected chi connectivity index (χ1v) is 7.17. The zero-order valence-electron chi connectivity index (χ0n) is 12.2. The molecule has 1 saturated carbocycles. The standard InChI is InChI=1S/C14H25N3O2/c1-11(2)9-17-13(15-10-16-17)8-12(18)14(19-3)6-4-5-7-14/h10-12,18H,4-9H2,1-3H3. The Balaban J connectivity index is 2.06. The summed E-state index contributed by atoms with van der Waals surface area (Å²) in [5.41, 5.74) is -0.380. The van der Waals surface area contributed by atoms with Crippen molar-refractivity contribution in [1.29, 1.82) is 0 Å². The summed E-state index contributed by atoms with van der Waals surface area (Å²) in [6, 6.07) is 0. The summed E-state index contributed by atoms with van der Waals surface area (Å²) in [6.07, 6.45) is 5.70. The van der Waals surface area contributed by atoms with Crippen LogP contribution in [0.15, 0.2) is 6.33 Å². The van der Waals surface area contributed by atoms with Crippen LogP contribution in [0.25, 0.3) is 0 Å². The van der Waals surface area contributed by atoms with Crippen LogP contribution in [0.4, 0.5) is 0 Å². The third-order valence-electron chi connectivity index (χ3n) is 4.07. The summed E-state index contributed by atoms with van der Waals surface area (Å²) in [6.45, 7) is 5.13. The van der Waals surface area contributed by atoms with Crippen LogP contribution < -0.4 is 0 Å². The number of aliphatic hydroxyl groups is 1. The molecule has 5 nitrogen and oxygen atoms in total. The van der Waals surface area contributed by atoms with Gasteiger partial charge in [-0.05, 0) is 18.8 Å². The van der Waals surface area contributed by atoms with E-state index < -0.39 is 6.10 Å². The second-order valence-corrected chi connectivity index (χ2v) is 5.95. The number of ether oxygens (including phenoxy) is 1. The summed E-state index contributed by atoms with van der Waals surface area (Å²) < 4.78 is 7.52. The van der Waals surface area contributed by atoms with Gasteiger partial charge in [0.25, 0.3) is 0 Å². The van der Waals surface area contributed by atoms with Crippen LogP contribution in [0.2, 0.25) is 0 Å². The van der Waals surface area contributed by atoms with Crippen molar-refractivity contribution in [2.45, 2.75) is 64.2 Å². The third kappa shape index (κ3) is 3.15. The summed E-state index contributed by atoms with van der Waals surface area (Å²) >= 11 is 0. The number of aromatic nitrogens is 3. The monoisotopic (exact) mass is 267 g/mol. The van der Waals surface area contributed by atoms with Crippen molar-refractivity contribution in [2.75, 3.05) is 7.11 Å². The number of rotatable bonds is 6. The van der Waals surface area contributed by atoms with Crippen molar-refractivity contribution < 1.29 is 9.84 Å². The molecule has 1 aromatic heterocycles. The molecule has 0 amide bonds. The Bertz CT molecular complexity index is 397. The first-order chi connectivity index (χ1) is 9.07. The van der Waals surface area contributed by atoms with Crippen molar-refractivity contribution in [3.8, 4) is 0 Å². The number of hydrogen-bond acceptors (Lipinski definition) is 4. The Labute approximate surface area is 115 Å². The summed E-state index contributed by atoms with van der Waals surface area (Å²) in [7, 11) is 1.70. The van der Waals surface area contributed by atoms with Crippen LogP contribution in [-0.4, -0.2) is 38.7 Å². The van der Waals surface area contributed by atoms with Gasteiger partial charge in [0.15, 0.2) is 0 Å². The van der Waals surface area contributed by atoms with Crippen molar-refractivity contribution in [3.63, 3.8) is 0 Å². The smallest absolute Gasteiger partial charge is 0.138 e. The summed E-state index contributed by atoms with van der Waals surface area (Å²) in [4.78, 5) is 4.28. The van der Waals surface area contributed by atoms with Gasteiger partial charge in [0.05, 0.1) is 11.7 Å². The van der Waals surface area contributed by atoms with Crippen molar-refractivity contribution >= 4 is 0 Å². The average Bonchev–Trinajstić information content (AvgIpc) is 2.99. The van der Waals surface area contributed by atoms with Crippen molar-refractivity contribution in [2.24, 2.45) is 5.92 Å². The van der Waals surface area contributed by atoms with Crippen LogP contribution in [-0.2, 0) is 17.7 Å². The van der Waals surface area contributed by atoms with Crippen LogP contribution in [0.1, 0.15) is 45.4 Å². The molecule has 1 aromatic rings. The van der Waals surface area contributed by atoms with Crippen LogP contribution in [0.5, 0.6) is 0 Å². The van der Waals surface area contributed by atoms with Gasteiger partial charge in [0, 0.05) is 20.1 Å². The van der Waals surface area contributed by atoms with Gasteiger partial charge in [-0.3, -0.25) is 0 Å². The molecule has 1 heterocycles. The maximum atomic E-state index is 10.5. The molecule has 1 unspecified atom stereocenters. The van der Waals surface area contributed by atoms with Gasteiger partial charge in [-0.15, -0.1) is 0 Å². The fourth-order valence-corrected chi connectivity index (χ4v) is 2.95. The van der Waals surface area contributed by atoms with Gasteiger partial charge in [-0.1, -0.05) is 26.7 Å². The lowest BCUT2D eigenvalue weighted by molar-refractivity contribution is -0.0980. The molecule has 2 rings (SSSR count). The van der Waals surface area contributed by atoms with E-state index in [9.17, 15) is 5.11 Å². The van der Waals surface area contributed by atoms with Gasteiger partial charge in [0.1, 0.15) is 12.2 Å². The molecule has 1 aliphatic rings. The van der Waals surface area contributed by atoms with E-state index in [2.05, 4.69) is 23.9 Å². The molecule has 0 aliphatic heterocycles. The van der Waals surface area contributed by atoms with Gasteiger partial charge in [-0.25, -0.2) is 9.67 Å². The normalized spacial score (nSPS) is 20.1. The Kier molecular flexibility index (Phi) is 4.58. The predicted octanol–water partition coefficient (Wildman–Crippen LogP) is 1.80. The molecule has 19 heavy (non-hydrogen) atoms. The highest BCUT2D eigenvalue weighted by molar-refractivity contribution is 4.99. The Hall–Kier alpha value is -0.940. The Morgan fingerprint density at radius 2 is 2.11 bits per heavy atom. The topological polar surface area (TPSA) is 60.2 Å². The number of aliphatic hydroxyl groups excluding tert-OH is 1. The molecule has 0 spiro atoms. The molecule has 0 radical (unpaired) electrons. The van der Waals surface area contributed by atoms with Gasteiger partial charge in [-0.2, -0.15) is 5.10 Å². The molecule has 0 saturated heterocycles. The first-order valence-electron chi connectivity index (χ1n) is 7.17. The zero-order chi connectivity index (χ0) is 13.9. The zero-order valence-corrected chi connectivity index (χ0v) is 12.2. The maximum absolute atomic E-state index is 10.5. The summed E-state index contributed by atoms with van der Waals surface area (Å²) in [5, 5.41) is 14.8. The molecule has 1 N–H and O–H groups in total. The Morgan fingerprint density at radius 1 is 1.42 bits per heavy atom. The molecule has 108 valence electrons. The SMILES string of the molecule is COC1(C(O)Cc2ncnn2CC(C)C)CCCC1. The molecular formula is C14H25N3O2. The number of methoxy groups -OCH3 is 1. The summed E-state index contributed by atoms with van der Waals surface area (Å²) in [5.74, 6) is 1.37. The minimum atomic E-state index is -0.505. The minimum Gasteiger partial charge on any atom is -0.390 e. The van der Waals surface area contributed by atoms with E-state index in [4.69, 9.17) is 4.74 Å². The van der Waals surface area contributed by atoms with E-state index in [-0.39, 0.29) is 5.60 Å². The molecule has 5 heteroatoms. The van der Waals surface area contributed by atoms with E-state index in [1.807, 2.05) is 4.68 Å². The predicted molar refractivity (Wildman–Crippen MR) is 72.8 cm³/mol. The molecule has 1 aliphatic carbocycles. The van der Waals surface area contributed by atoms with E-state index in [0.29, 0.717) is 12.3 Å². The van der Waals surface area contributed by atoms with E-state index in [0.717, 1.165) is 38.1 Å². The fourth-order valence-electron chi connectivity index (χ4n) is 2.95. The van der Waals surface area contributed by atoms with Crippen LogP contribution >= 0.6 is 0 Å². The molecule has 0 aromatic carbocycles. The minimum absolute atomic E-state index is 0.380. The highest BCUT2D eigenvalue weighted by Crippen LogP contribution is 2.36. The van der Waals surface area contributed by atoms with E-state index >= 15 is 0 Å². The third-order valence-corrected chi connectivity index (χ3v) is 4.07. The average molecular weight is 267 g/mol. The largest absolute Gasteiger partial charge is 0.390 e. The van der Waals surface area contributed by atoms with E-state index in [1.54, 1.807) is 13.4 Å². The van der Waals surface area contributed by atoms with Gasteiger partial charge >= 0.3 is 0 Å². The first kappa shape index (κ1) is 14.5. The maximum Gasteiger partial charge on any atom is 0.138 e.